The standard InChI is InChI=1S/C17H26ClFN2O/c1-16(2,3)7-8-20-15(22)21-14-9-11(17(4,5)6)12(18)10-13(14)19/h9-10H,7-8H2,1-6H3,(H2,20,21,22). The molecule has 0 radical (unpaired) electrons. The second kappa shape index (κ2) is 6.86. The van der Waals surface area contributed by atoms with Crippen molar-refractivity contribution in [3.05, 3.63) is 28.5 Å². The maximum atomic E-state index is 14.0. The molecule has 0 aromatic heterocycles. The zero-order valence-corrected chi connectivity index (χ0v) is 15.0. The van der Waals surface area contributed by atoms with Gasteiger partial charge in [0.25, 0.3) is 0 Å². The van der Waals surface area contributed by atoms with Crippen LogP contribution in [0.5, 0.6) is 0 Å². The van der Waals surface area contributed by atoms with Gasteiger partial charge in [0.15, 0.2) is 0 Å². The van der Waals surface area contributed by atoms with Crippen molar-refractivity contribution in [3.63, 3.8) is 0 Å². The Hall–Kier alpha value is -1.29. The zero-order chi connectivity index (χ0) is 17.1. The summed E-state index contributed by atoms with van der Waals surface area (Å²) in [4.78, 5) is 11.9. The second-order valence-corrected chi connectivity index (χ2v) is 8.16. The van der Waals surface area contributed by atoms with Crippen LogP contribution in [0.3, 0.4) is 0 Å². The fraction of sp³-hybridized carbons (Fsp3) is 0.588. The van der Waals surface area contributed by atoms with Crippen LogP contribution in [-0.2, 0) is 5.41 Å². The Morgan fingerprint density at radius 3 is 2.27 bits per heavy atom. The molecule has 22 heavy (non-hydrogen) atoms. The first-order valence-corrected chi connectivity index (χ1v) is 7.82. The fourth-order valence-electron chi connectivity index (χ4n) is 1.94. The van der Waals surface area contributed by atoms with E-state index in [1.54, 1.807) is 6.07 Å². The normalized spacial score (nSPS) is 12.2. The minimum atomic E-state index is -0.538. The predicted molar refractivity (Wildman–Crippen MR) is 91.2 cm³/mol. The van der Waals surface area contributed by atoms with E-state index in [0.717, 1.165) is 12.0 Å². The number of nitrogens with one attached hydrogen (secondary N) is 2. The molecule has 124 valence electrons. The van der Waals surface area contributed by atoms with Crippen LogP contribution in [0.2, 0.25) is 5.02 Å². The highest BCUT2D eigenvalue weighted by molar-refractivity contribution is 6.31. The summed E-state index contributed by atoms with van der Waals surface area (Å²) in [7, 11) is 0. The Bertz CT molecular complexity index is 545. The van der Waals surface area contributed by atoms with Crippen LogP contribution >= 0.6 is 11.6 Å². The zero-order valence-electron chi connectivity index (χ0n) is 14.2. The van der Waals surface area contributed by atoms with E-state index in [-0.39, 0.29) is 16.5 Å². The average Bonchev–Trinajstić information content (AvgIpc) is 2.29. The first-order valence-electron chi connectivity index (χ1n) is 7.44. The molecule has 0 atom stereocenters. The minimum Gasteiger partial charge on any atom is -0.338 e. The molecule has 0 spiro atoms. The average molecular weight is 329 g/mol. The number of halogens is 2. The van der Waals surface area contributed by atoms with E-state index in [1.165, 1.54) is 6.07 Å². The Labute approximate surface area is 137 Å². The third-order valence-electron chi connectivity index (χ3n) is 3.27. The molecule has 2 amide bonds. The molecule has 1 aromatic carbocycles. The van der Waals surface area contributed by atoms with Gasteiger partial charge in [-0.1, -0.05) is 53.1 Å². The van der Waals surface area contributed by atoms with Crippen molar-refractivity contribution < 1.29 is 9.18 Å². The third-order valence-corrected chi connectivity index (χ3v) is 3.59. The number of rotatable bonds is 3. The topological polar surface area (TPSA) is 41.1 Å². The molecule has 0 saturated carbocycles. The highest BCUT2D eigenvalue weighted by atomic mass is 35.5. The van der Waals surface area contributed by atoms with Gasteiger partial charge in [-0.15, -0.1) is 0 Å². The summed E-state index contributed by atoms with van der Waals surface area (Å²) in [6.07, 6.45) is 0.844. The van der Waals surface area contributed by atoms with Crippen LogP contribution < -0.4 is 10.6 Å². The lowest BCUT2D eigenvalue weighted by Gasteiger charge is -2.22. The molecule has 0 bridgehead atoms. The molecule has 0 aliphatic heterocycles. The molecule has 0 heterocycles. The summed E-state index contributed by atoms with van der Waals surface area (Å²) in [6.45, 7) is 12.8. The SMILES string of the molecule is CC(C)(C)CCNC(=O)Nc1cc(C(C)(C)C)c(Cl)cc1F. The lowest BCUT2D eigenvalue weighted by molar-refractivity contribution is 0.250. The number of urea groups is 1. The fourth-order valence-corrected chi connectivity index (χ4v) is 2.37. The summed E-state index contributed by atoms with van der Waals surface area (Å²) >= 11 is 6.09. The first-order chi connectivity index (χ1) is 9.90. The number of carbonyl (C=O) groups excluding carboxylic acids is 1. The van der Waals surface area contributed by atoms with Gasteiger partial charge in [0, 0.05) is 11.6 Å². The van der Waals surface area contributed by atoms with Crippen LogP contribution in [-0.4, -0.2) is 12.6 Å². The number of carbonyl (C=O) groups is 1. The maximum absolute atomic E-state index is 14.0. The van der Waals surface area contributed by atoms with Crippen molar-refractivity contribution in [1.82, 2.24) is 5.32 Å². The molecule has 0 unspecified atom stereocenters. The molecule has 0 aliphatic carbocycles. The van der Waals surface area contributed by atoms with Crippen LogP contribution in [0.1, 0.15) is 53.5 Å². The van der Waals surface area contributed by atoms with E-state index >= 15 is 0 Å². The maximum Gasteiger partial charge on any atom is 0.319 e. The quantitative estimate of drug-likeness (QED) is 0.773. The van der Waals surface area contributed by atoms with Gasteiger partial charge >= 0.3 is 6.03 Å². The van der Waals surface area contributed by atoms with Crippen molar-refractivity contribution in [3.8, 4) is 0 Å². The van der Waals surface area contributed by atoms with E-state index in [0.29, 0.717) is 11.6 Å². The Morgan fingerprint density at radius 2 is 1.77 bits per heavy atom. The minimum absolute atomic E-state index is 0.137. The summed E-state index contributed by atoms with van der Waals surface area (Å²) in [6, 6.07) is 2.43. The monoisotopic (exact) mass is 328 g/mol. The highest BCUT2D eigenvalue weighted by Crippen LogP contribution is 2.33. The lowest BCUT2D eigenvalue weighted by Crippen LogP contribution is -2.31. The summed E-state index contributed by atoms with van der Waals surface area (Å²) in [5, 5.41) is 5.66. The number of anilines is 1. The molecule has 0 saturated heterocycles. The van der Waals surface area contributed by atoms with Crippen LogP contribution in [0.4, 0.5) is 14.9 Å². The van der Waals surface area contributed by atoms with Gasteiger partial charge in [0.1, 0.15) is 5.82 Å². The summed E-state index contributed by atoms with van der Waals surface area (Å²) in [5.74, 6) is -0.538. The van der Waals surface area contributed by atoms with Crippen LogP contribution in [0.15, 0.2) is 12.1 Å². The van der Waals surface area contributed by atoms with Gasteiger partial charge < -0.3 is 10.6 Å². The van der Waals surface area contributed by atoms with E-state index in [4.69, 9.17) is 11.6 Å². The predicted octanol–water partition coefficient (Wildman–Crippen LogP) is 5.33. The van der Waals surface area contributed by atoms with E-state index in [9.17, 15) is 9.18 Å². The van der Waals surface area contributed by atoms with Crippen molar-refractivity contribution in [2.75, 3.05) is 11.9 Å². The van der Waals surface area contributed by atoms with Crippen molar-refractivity contribution in [2.24, 2.45) is 5.41 Å². The van der Waals surface area contributed by atoms with Crippen LogP contribution in [0.25, 0.3) is 0 Å². The molecule has 2 N–H and O–H groups in total. The summed E-state index contributed by atoms with van der Waals surface area (Å²) < 4.78 is 14.0. The van der Waals surface area contributed by atoms with Crippen molar-refractivity contribution in [2.45, 2.75) is 53.4 Å². The van der Waals surface area contributed by atoms with Crippen LogP contribution in [0, 0.1) is 11.2 Å². The third kappa shape index (κ3) is 5.84. The Morgan fingerprint density at radius 1 is 1.18 bits per heavy atom. The highest BCUT2D eigenvalue weighted by Gasteiger charge is 2.20. The number of hydrogen-bond donors (Lipinski definition) is 2. The smallest absolute Gasteiger partial charge is 0.319 e. The molecule has 1 aromatic rings. The second-order valence-electron chi connectivity index (χ2n) is 7.75. The Balaban J connectivity index is 2.79. The lowest BCUT2D eigenvalue weighted by atomic mass is 9.86. The number of benzene rings is 1. The van der Waals surface area contributed by atoms with Gasteiger partial charge in [-0.2, -0.15) is 0 Å². The number of hydrogen-bond acceptors (Lipinski definition) is 1. The molecule has 3 nitrogen and oxygen atoms in total. The van der Waals surface area contributed by atoms with Gasteiger partial charge in [0.05, 0.1) is 5.69 Å². The largest absolute Gasteiger partial charge is 0.338 e. The van der Waals surface area contributed by atoms with E-state index in [1.807, 2.05) is 20.8 Å². The van der Waals surface area contributed by atoms with Gasteiger partial charge in [0.2, 0.25) is 0 Å². The van der Waals surface area contributed by atoms with Gasteiger partial charge in [-0.05, 0) is 34.9 Å². The Kier molecular flexibility index (Phi) is 5.85. The van der Waals surface area contributed by atoms with Gasteiger partial charge in [-0.25, -0.2) is 9.18 Å². The van der Waals surface area contributed by atoms with Gasteiger partial charge in [-0.3, -0.25) is 0 Å². The molecule has 0 fully saturated rings. The molecule has 1 rings (SSSR count). The molecular weight excluding hydrogens is 303 g/mol. The van der Waals surface area contributed by atoms with Crippen molar-refractivity contribution >= 4 is 23.3 Å². The molecule has 5 heteroatoms. The van der Waals surface area contributed by atoms with Crippen molar-refractivity contribution in [1.29, 1.82) is 0 Å². The molecule has 0 aliphatic rings. The molecular formula is C17H26ClFN2O. The van der Waals surface area contributed by atoms with E-state index in [2.05, 4.69) is 31.4 Å². The number of amides is 2. The van der Waals surface area contributed by atoms with E-state index < -0.39 is 11.8 Å². The first kappa shape index (κ1) is 18.8. The summed E-state index contributed by atoms with van der Waals surface area (Å²) in [5.41, 5.74) is 0.838.